The molecule has 0 saturated carbocycles. The van der Waals surface area contributed by atoms with Gasteiger partial charge in [0.1, 0.15) is 11.9 Å². The number of aromatic nitrogens is 3. The van der Waals surface area contributed by atoms with E-state index in [2.05, 4.69) is 27.5 Å². The maximum Gasteiger partial charge on any atom is 0.128 e. The van der Waals surface area contributed by atoms with Gasteiger partial charge in [-0.2, -0.15) is 10.4 Å². The molecule has 0 atom stereocenters. The zero-order chi connectivity index (χ0) is 20.2. The number of pyridine rings is 2. The Morgan fingerprint density at radius 1 is 1.24 bits per heavy atom. The molecule has 0 spiro atoms. The van der Waals surface area contributed by atoms with E-state index < -0.39 is 0 Å². The van der Waals surface area contributed by atoms with Gasteiger partial charge in [0.05, 0.1) is 17.3 Å². The summed E-state index contributed by atoms with van der Waals surface area (Å²) in [6, 6.07) is 8.32. The highest BCUT2D eigenvalue weighted by Crippen LogP contribution is 2.31. The number of fused-ring (bicyclic) bond motifs is 1. The third-order valence-electron chi connectivity index (χ3n) is 5.26. The highest BCUT2D eigenvalue weighted by atomic mass is 15.2. The lowest BCUT2D eigenvalue weighted by atomic mass is 10.0. The van der Waals surface area contributed by atoms with Crippen molar-refractivity contribution in [3.8, 4) is 17.2 Å². The lowest BCUT2D eigenvalue weighted by Crippen LogP contribution is -2.29. The Hall–Kier alpha value is -3.66. The molecule has 0 unspecified atom stereocenters. The summed E-state index contributed by atoms with van der Waals surface area (Å²) >= 11 is 0. The molecular weight excluding hydrogens is 362 g/mol. The summed E-state index contributed by atoms with van der Waals surface area (Å²) in [5.74, 6) is 0.991. The molecule has 4 heterocycles. The third-order valence-corrected chi connectivity index (χ3v) is 5.26. The van der Waals surface area contributed by atoms with Crippen molar-refractivity contribution in [1.82, 2.24) is 19.9 Å². The number of nitriles is 1. The lowest BCUT2D eigenvalue weighted by molar-refractivity contribution is 0.573. The van der Waals surface area contributed by atoms with Crippen LogP contribution in [0.1, 0.15) is 30.4 Å². The van der Waals surface area contributed by atoms with E-state index >= 15 is 0 Å². The first-order chi connectivity index (χ1) is 14.2. The Balaban J connectivity index is 1.82. The van der Waals surface area contributed by atoms with Crippen molar-refractivity contribution in [2.75, 3.05) is 25.0 Å². The van der Waals surface area contributed by atoms with Crippen LogP contribution in [-0.4, -0.2) is 40.9 Å². The summed E-state index contributed by atoms with van der Waals surface area (Å²) in [5.41, 5.74) is 4.62. The molecule has 0 radical (unpaired) electrons. The minimum Gasteiger partial charge on any atom is -0.393 e. The summed E-state index contributed by atoms with van der Waals surface area (Å²) in [5, 5.41) is 24.6. The second-order valence-electron chi connectivity index (χ2n) is 7.09. The maximum atomic E-state index is 9.54. The molecule has 146 valence electrons. The number of hydrogen-bond donors (Lipinski definition) is 2. The molecule has 0 bridgehead atoms. The summed E-state index contributed by atoms with van der Waals surface area (Å²) in [7, 11) is 1.80. The summed E-state index contributed by atoms with van der Waals surface area (Å²) < 4.78 is 1.70. The molecule has 29 heavy (non-hydrogen) atoms. The second-order valence-corrected chi connectivity index (χ2v) is 7.09. The molecule has 2 N–H and O–H groups in total. The molecule has 1 fully saturated rings. The van der Waals surface area contributed by atoms with Gasteiger partial charge in [0.2, 0.25) is 0 Å². The van der Waals surface area contributed by atoms with Crippen LogP contribution in [0.4, 0.5) is 5.82 Å². The van der Waals surface area contributed by atoms with E-state index in [9.17, 15) is 5.26 Å². The van der Waals surface area contributed by atoms with Crippen LogP contribution in [0.25, 0.3) is 22.2 Å². The zero-order valence-electron chi connectivity index (χ0n) is 16.4. The van der Waals surface area contributed by atoms with Gasteiger partial charge in [-0.05, 0) is 37.5 Å². The average molecular weight is 385 g/mol. The van der Waals surface area contributed by atoms with Gasteiger partial charge in [0, 0.05) is 67.2 Å². The van der Waals surface area contributed by atoms with E-state index in [1.165, 1.54) is 25.5 Å². The molecular formula is C22H23N7. The van der Waals surface area contributed by atoms with Gasteiger partial charge in [-0.1, -0.05) is 0 Å². The Bertz CT molecular complexity index is 1100. The van der Waals surface area contributed by atoms with Gasteiger partial charge in [-0.25, -0.2) is 9.50 Å². The first kappa shape index (κ1) is 18.7. The maximum absolute atomic E-state index is 9.54. The third kappa shape index (κ3) is 3.57. The van der Waals surface area contributed by atoms with Gasteiger partial charge in [0.15, 0.2) is 0 Å². The van der Waals surface area contributed by atoms with Crippen LogP contribution in [0, 0.1) is 16.7 Å². The SMILES string of the molecule is CN/C=C(\C=N)c1cc(-c2ccc(N3CCCCC3)nc2)c2c(C#N)cnn2c1. The summed E-state index contributed by atoms with van der Waals surface area (Å²) in [6.07, 6.45) is 12.0. The predicted molar refractivity (Wildman–Crippen MR) is 115 cm³/mol. The minimum absolute atomic E-state index is 0.514. The van der Waals surface area contributed by atoms with E-state index in [1.54, 1.807) is 24.0 Å². The molecule has 0 amide bonds. The highest BCUT2D eigenvalue weighted by molar-refractivity contribution is 6.08. The molecule has 3 aromatic heterocycles. The van der Waals surface area contributed by atoms with Crippen molar-refractivity contribution in [2.24, 2.45) is 0 Å². The average Bonchev–Trinajstić information content (AvgIpc) is 3.21. The topological polar surface area (TPSA) is 93.1 Å². The molecule has 7 heteroatoms. The molecule has 1 aliphatic heterocycles. The van der Waals surface area contributed by atoms with Crippen LogP contribution in [0.15, 0.2) is 43.0 Å². The predicted octanol–water partition coefficient (Wildman–Crippen LogP) is 3.47. The van der Waals surface area contributed by atoms with Crippen molar-refractivity contribution < 1.29 is 0 Å². The molecule has 0 aliphatic carbocycles. The fourth-order valence-corrected chi connectivity index (χ4v) is 3.80. The number of nitrogens with zero attached hydrogens (tertiary/aromatic N) is 5. The van der Waals surface area contributed by atoms with E-state index in [0.717, 1.165) is 46.7 Å². The Labute approximate surface area is 169 Å². The zero-order valence-corrected chi connectivity index (χ0v) is 16.4. The Kier molecular flexibility index (Phi) is 5.25. The number of piperidine rings is 1. The summed E-state index contributed by atoms with van der Waals surface area (Å²) in [4.78, 5) is 7.02. The van der Waals surface area contributed by atoms with Gasteiger partial charge in [-0.3, -0.25) is 0 Å². The van der Waals surface area contributed by atoms with Crippen molar-refractivity contribution >= 4 is 23.1 Å². The fourth-order valence-electron chi connectivity index (χ4n) is 3.80. The van der Waals surface area contributed by atoms with Gasteiger partial charge in [0.25, 0.3) is 0 Å². The first-order valence-electron chi connectivity index (χ1n) is 9.76. The monoisotopic (exact) mass is 385 g/mol. The molecule has 3 aromatic rings. The summed E-state index contributed by atoms with van der Waals surface area (Å²) in [6.45, 7) is 2.09. The van der Waals surface area contributed by atoms with Crippen LogP contribution >= 0.6 is 0 Å². The van der Waals surface area contributed by atoms with E-state index in [0.29, 0.717) is 5.56 Å². The van der Waals surface area contributed by atoms with Crippen LogP contribution < -0.4 is 10.2 Å². The van der Waals surface area contributed by atoms with Crippen molar-refractivity contribution in [2.45, 2.75) is 19.3 Å². The fraction of sp³-hybridized carbons (Fsp3) is 0.273. The quantitative estimate of drug-likeness (QED) is 0.656. The lowest BCUT2D eigenvalue weighted by Gasteiger charge is -2.27. The van der Waals surface area contributed by atoms with Crippen LogP contribution in [0.3, 0.4) is 0 Å². The molecule has 7 nitrogen and oxygen atoms in total. The highest BCUT2D eigenvalue weighted by Gasteiger charge is 2.16. The molecule has 1 saturated heterocycles. The number of rotatable bonds is 5. The second kappa shape index (κ2) is 8.15. The smallest absolute Gasteiger partial charge is 0.128 e. The first-order valence-corrected chi connectivity index (χ1v) is 9.76. The largest absolute Gasteiger partial charge is 0.393 e. The normalized spacial score (nSPS) is 14.6. The van der Waals surface area contributed by atoms with E-state index in [4.69, 9.17) is 10.4 Å². The van der Waals surface area contributed by atoms with Crippen LogP contribution in [0.5, 0.6) is 0 Å². The van der Waals surface area contributed by atoms with Gasteiger partial charge >= 0.3 is 0 Å². The van der Waals surface area contributed by atoms with Gasteiger partial charge < -0.3 is 15.6 Å². The molecule has 0 aromatic carbocycles. The Morgan fingerprint density at radius 3 is 2.72 bits per heavy atom. The van der Waals surface area contributed by atoms with Gasteiger partial charge in [-0.15, -0.1) is 0 Å². The number of allylic oxidation sites excluding steroid dienone is 1. The van der Waals surface area contributed by atoms with E-state index in [-0.39, 0.29) is 0 Å². The minimum atomic E-state index is 0.514. The molecule has 4 rings (SSSR count). The standard InChI is InChI=1S/C22H23N7/c1-25-12-18(10-23)17-9-20(22-19(11-24)14-27-29(22)15-17)16-5-6-21(26-13-16)28-7-3-2-4-8-28/h5-6,9-10,12-15,23,25H,2-4,7-8H2,1H3/b18-12+,23-10?. The number of anilines is 1. The van der Waals surface area contributed by atoms with E-state index in [1.807, 2.05) is 24.5 Å². The Morgan fingerprint density at radius 2 is 2.07 bits per heavy atom. The van der Waals surface area contributed by atoms with Crippen molar-refractivity contribution in [3.05, 3.63) is 54.1 Å². The van der Waals surface area contributed by atoms with Crippen LogP contribution in [0.2, 0.25) is 0 Å². The van der Waals surface area contributed by atoms with Crippen molar-refractivity contribution in [1.29, 1.82) is 10.7 Å². The van der Waals surface area contributed by atoms with Crippen LogP contribution in [-0.2, 0) is 0 Å². The number of hydrogen-bond acceptors (Lipinski definition) is 6. The van der Waals surface area contributed by atoms with Crippen molar-refractivity contribution in [3.63, 3.8) is 0 Å². The molecule has 1 aliphatic rings. The number of nitrogens with one attached hydrogen (secondary N) is 2.